The van der Waals surface area contributed by atoms with Crippen LogP contribution in [0.5, 0.6) is 0 Å². The summed E-state index contributed by atoms with van der Waals surface area (Å²) in [6.07, 6.45) is 0. The van der Waals surface area contributed by atoms with Crippen LogP contribution in [0.4, 0.5) is 5.69 Å². The average Bonchev–Trinajstić information content (AvgIpc) is 2.60. The number of carbonyl (C=O) groups is 1. The zero-order valence-corrected chi connectivity index (χ0v) is 13.4. The molecule has 2 aromatic carbocycles. The molecule has 2 aromatic rings. The molecule has 23 heavy (non-hydrogen) atoms. The second kappa shape index (κ2) is 7.40. The van der Waals surface area contributed by atoms with Crippen LogP contribution in [0.3, 0.4) is 0 Å². The number of hydrogen-bond acceptors (Lipinski definition) is 3. The van der Waals surface area contributed by atoms with Crippen molar-refractivity contribution >= 4 is 11.6 Å². The number of benzene rings is 2. The van der Waals surface area contributed by atoms with Gasteiger partial charge in [-0.1, -0.05) is 49.4 Å². The Morgan fingerprint density at radius 1 is 1.17 bits per heavy atom. The monoisotopic (exact) mass is 309 g/mol. The van der Waals surface area contributed by atoms with Gasteiger partial charge in [0.15, 0.2) is 0 Å². The first-order valence-electron chi connectivity index (χ1n) is 8.17. The highest BCUT2D eigenvalue weighted by Crippen LogP contribution is 2.33. The summed E-state index contributed by atoms with van der Waals surface area (Å²) in [5.41, 5.74) is 4.71. The molecule has 0 aromatic heterocycles. The van der Waals surface area contributed by atoms with Crippen LogP contribution >= 0.6 is 0 Å². The summed E-state index contributed by atoms with van der Waals surface area (Å²) < 4.78 is 0. The second-order valence-electron chi connectivity index (χ2n) is 5.80. The molecule has 1 aliphatic rings. The summed E-state index contributed by atoms with van der Waals surface area (Å²) >= 11 is 0. The van der Waals surface area contributed by atoms with E-state index in [1.165, 1.54) is 16.7 Å². The van der Waals surface area contributed by atoms with Crippen LogP contribution in [0.2, 0.25) is 0 Å². The van der Waals surface area contributed by atoms with Gasteiger partial charge in [0.1, 0.15) is 0 Å². The number of amides is 1. The van der Waals surface area contributed by atoms with E-state index in [0.717, 1.165) is 25.3 Å². The van der Waals surface area contributed by atoms with Gasteiger partial charge < -0.3 is 16.0 Å². The van der Waals surface area contributed by atoms with Gasteiger partial charge >= 0.3 is 0 Å². The van der Waals surface area contributed by atoms with Gasteiger partial charge in [0.2, 0.25) is 5.91 Å². The molecule has 3 N–H and O–H groups in total. The minimum atomic E-state index is 0.00193. The third-order valence-corrected chi connectivity index (χ3v) is 4.25. The number of fused-ring (bicyclic) bond motifs is 1. The Morgan fingerprint density at radius 2 is 2.00 bits per heavy atom. The Bertz CT molecular complexity index is 670. The van der Waals surface area contributed by atoms with Crippen molar-refractivity contribution in [3.05, 3.63) is 65.2 Å². The molecular weight excluding hydrogens is 286 g/mol. The quantitative estimate of drug-likeness (QED) is 0.795. The average molecular weight is 309 g/mol. The molecule has 4 heteroatoms. The molecule has 4 nitrogen and oxygen atoms in total. The van der Waals surface area contributed by atoms with Crippen molar-refractivity contribution in [2.45, 2.75) is 19.4 Å². The molecule has 0 bridgehead atoms. The first-order chi connectivity index (χ1) is 11.3. The van der Waals surface area contributed by atoms with E-state index in [9.17, 15) is 4.79 Å². The van der Waals surface area contributed by atoms with Crippen molar-refractivity contribution in [1.82, 2.24) is 10.6 Å². The molecule has 0 radical (unpaired) electrons. The molecule has 0 saturated carbocycles. The van der Waals surface area contributed by atoms with Crippen LogP contribution in [0.1, 0.15) is 29.5 Å². The molecule has 0 saturated heterocycles. The van der Waals surface area contributed by atoms with Crippen LogP contribution in [-0.4, -0.2) is 25.5 Å². The van der Waals surface area contributed by atoms with Crippen molar-refractivity contribution in [3.63, 3.8) is 0 Å². The lowest BCUT2D eigenvalue weighted by atomic mass is 9.85. The Morgan fingerprint density at radius 3 is 2.78 bits per heavy atom. The standard InChI is InChI=1S/C19H23N3O/c1-2-20-13-19(23)22-18-10-6-9-15-16(11-21-12-17(15)18)14-7-4-3-5-8-14/h3-10,16,20-21H,2,11-13H2,1H3,(H,22,23). The maximum absolute atomic E-state index is 12.0. The zero-order valence-electron chi connectivity index (χ0n) is 13.4. The fourth-order valence-corrected chi connectivity index (χ4v) is 3.11. The van der Waals surface area contributed by atoms with E-state index in [1.807, 2.05) is 25.1 Å². The van der Waals surface area contributed by atoms with E-state index >= 15 is 0 Å². The molecule has 0 aliphatic carbocycles. The number of carbonyl (C=O) groups excluding carboxylic acids is 1. The van der Waals surface area contributed by atoms with Crippen molar-refractivity contribution in [2.75, 3.05) is 25.0 Å². The minimum Gasteiger partial charge on any atom is -0.325 e. The lowest BCUT2D eigenvalue weighted by molar-refractivity contribution is -0.115. The third-order valence-electron chi connectivity index (χ3n) is 4.25. The molecule has 1 unspecified atom stereocenters. The molecule has 0 spiro atoms. The summed E-state index contributed by atoms with van der Waals surface area (Å²) in [6, 6.07) is 16.7. The number of hydrogen-bond donors (Lipinski definition) is 3. The van der Waals surface area contributed by atoms with Crippen LogP contribution < -0.4 is 16.0 Å². The zero-order chi connectivity index (χ0) is 16.1. The number of anilines is 1. The Labute approximate surface area is 137 Å². The second-order valence-corrected chi connectivity index (χ2v) is 5.80. The fraction of sp³-hybridized carbons (Fsp3) is 0.316. The maximum Gasteiger partial charge on any atom is 0.238 e. The Balaban J connectivity index is 1.87. The van der Waals surface area contributed by atoms with Gasteiger partial charge in [-0.25, -0.2) is 0 Å². The van der Waals surface area contributed by atoms with Gasteiger partial charge in [-0.3, -0.25) is 4.79 Å². The maximum atomic E-state index is 12.0. The van der Waals surface area contributed by atoms with E-state index in [2.05, 4.69) is 46.3 Å². The summed E-state index contributed by atoms with van der Waals surface area (Å²) in [5.74, 6) is 0.327. The summed E-state index contributed by atoms with van der Waals surface area (Å²) in [6.45, 7) is 4.84. The van der Waals surface area contributed by atoms with Gasteiger partial charge in [-0.05, 0) is 29.3 Å². The summed E-state index contributed by atoms with van der Waals surface area (Å²) in [5, 5.41) is 9.57. The summed E-state index contributed by atoms with van der Waals surface area (Å²) in [4.78, 5) is 12.0. The largest absolute Gasteiger partial charge is 0.325 e. The smallest absolute Gasteiger partial charge is 0.238 e. The lowest BCUT2D eigenvalue weighted by Crippen LogP contribution is -2.32. The van der Waals surface area contributed by atoms with Crippen molar-refractivity contribution in [1.29, 1.82) is 0 Å². The molecule has 0 fully saturated rings. The lowest BCUT2D eigenvalue weighted by Gasteiger charge is -2.28. The molecule has 1 amide bonds. The highest BCUT2D eigenvalue weighted by Gasteiger charge is 2.23. The highest BCUT2D eigenvalue weighted by atomic mass is 16.1. The first-order valence-corrected chi connectivity index (χ1v) is 8.17. The highest BCUT2D eigenvalue weighted by molar-refractivity contribution is 5.93. The first kappa shape index (κ1) is 15.7. The van der Waals surface area contributed by atoms with E-state index in [-0.39, 0.29) is 5.91 Å². The van der Waals surface area contributed by atoms with Crippen molar-refractivity contribution in [2.24, 2.45) is 0 Å². The minimum absolute atomic E-state index is 0.00193. The van der Waals surface area contributed by atoms with Gasteiger partial charge in [0.05, 0.1) is 6.54 Å². The van der Waals surface area contributed by atoms with Crippen molar-refractivity contribution in [3.8, 4) is 0 Å². The van der Waals surface area contributed by atoms with E-state index in [4.69, 9.17) is 0 Å². The SMILES string of the molecule is CCNCC(=O)Nc1cccc2c1CNCC2c1ccccc1. The fourth-order valence-electron chi connectivity index (χ4n) is 3.11. The van der Waals surface area contributed by atoms with Crippen molar-refractivity contribution < 1.29 is 4.79 Å². The molecule has 120 valence electrons. The number of likely N-dealkylation sites (N-methyl/N-ethyl adjacent to an activating group) is 1. The molecule has 3 rings (SSSR count). The molecule has 1 aliphatic heterocycles. The normalized spacial score (nSPS) is 16.7. The van der Waals surface area contributed by atoms with Crippen LogP contribution in [0.15, 0.2) is 48.5 Å². The summed E-state index contributed by atoms with van der Waals surface area (Å²) in [7, 11) is 0. The third kappa shape index (κ3) is 3.60. The Kier molecular flexibility index (Phi) is 5.05. The molecule has 1 atom stereocenters. The van der Waals surface area contributed by atoms with E-state index < -0.39 is 0 Å². The predicted octanol–water partition coefficient (Wildman–Crippen LogP) is 2.47. The van der Waals surface area contributed by atoms with Gasteiger partial charge in [0.25, 0.3) is 0 Å². The molecule has 1 heterocycles. The Hall–Kier alpha value is -2.17. The number of rotatable bonds is 5. The van der Waals surface area contributed by atoms with Crippen LogP contribution in [0.25, 0.3) is 0 Å². The van der Waals surface area contributed by atoms with E-state index in [1.54, 1.807) is 0 Å². The predicted molar refractivity (Wildman–Crippen MR) is 93.6 cm³/mol. The van der Waals surface area contributed by atoms with Gasteiger partial charge in [0, 0.05) is 24.7 Å². The van der Waals surface area contributed by atoms with Gasteiger partial charge in [-0.2, -0.15) is 0 Å². The van der Waals surface area contributed by atoms with Crippen LogP contribution in [0, 0.1) is 0 Å². The van der Waals surface area contributed by atoms with Gasteiger partial charge in [-0.15, -0.1) is 0 Å². The topological polar surface area (TPSA) is 53.2 Å². The van der Waals surface area contributed by atoms with Crippen LogP contribution in [-0.2, 0) is 11.3 Å². The van der Waals surface area contributed by atoms with E-state index in [0.29, 0.717) is 12.5 Å². The molecular formula is C19H23N3O. The number of nitrogens with one attached hydrogen (secondary N) is 3.